The minimum atomic E-state index is 0.768. The molecule has 1 aromatic heterocycles. The van der Waals surface area contributed by atoms with Crippen molar-refractivity contribution in [2.75, 3.05) is 0 Å². The lowest BCUT2D eigenvalue weighted by atomic mass is 10.2. The number of rotatable bonds is 5. The van der Waals surface area contributed by atoms with Crippen LogP contribution in [0.3, 0.4) is 0 Å². The van der Waals surface area contributed by atoms with Gasteiger partial charge in [-0.25, -0.2) is 4.98 Å². The maximum absolute atomic E-state index is 5.93. The van der Waals surface area contributed by atoms with Crippen LogP contribution in [-0.4, -0.2) is 15.2 Å². The van der Waals surface area contributed by atoms with Crippen LogP contribution in [0.25, 0.3) is 0 Å². The maximum atomic E-state index is 5.93. The van der Waals surface area contributed by atoms with Crippen molar-refractivity contribution in [2.45, 2.75) is 30.7 Å². The predicted molar refractivity (Wildman–Crippen MR) is 71.4 cm³/mol. The molecule has 0 radical (unpaired) electrons. The molecule has 2 rings (SSSR count). The fourth-order valence-corrected chi connectivity index (χ4v) is 2.44. The van der Waals surface area contributed by atoms with Gasteiger partial charge in [0.1, 0.15) is 5.82 Å². The molecule has 0 aliphatic heterocycles. The highest BCUT2D eigenvalue weighted by Crippen LogP contribution is 2.21. The summed E-state index contributed by atoms with van der Waals surface area (Å²) < 4.78 is 0. The van der Waals surface area contributed by atoms with Crippen LogP contribution in [0.15, 0.2) is 29.4 Å². The van der Waals surface area contributed by atoms with Crippen molar-refractivity contribution in [1.82, 2.24) is 15.2 Å². The minimum Gasteiger partial charge on any atom is -0.262 e. The average molecular weight is 268 g/mol. The van der Waals surface area contributed by atoms with E-state index >= 15 is 0 Å². The quantitative estimate of drug-likeness (QED) is 0.840. The molecular formula is C12H14ClN3S. The number of nitrogens with zero attached hydrogens (tertiary/aromatic N) is 2. The van der Waals surface area contributed by atoms with Crippen molar-refractivity contribution in [2.24, 2.45) is 0 Å². The largest absolute Gasteiger partial charge is 0.262 e. The Morgan fingerprint density at radius 1 is 1.41 bits per heavy atom. The first-order chi connectivity index (χ1) is 8.28. The number of H-pyrrole nitrogens is 1. The first-order valence-electron chi connectivity index (χ1n) is 5.56. The summed E-state index contributed by atoms with van der Waals surface area (Å²) in [6, 6.07) is 7.85. The molecule has 0 spiro atoms. The number of aromatic nitrogens is 3. The van der Waals surface area contributed by atoms with E-state index in [1.165, 1.54) is 5.56 Å². The van der Waals surface area contributed by atoms with Crippen molar-refractivity contribution in [3.63, 3.8) is 0 Å². The third-order valence-corrected chi connectivity index (χ3v) is 3.41. The van der Waals surface area contributed by atoms with E-state index in [0.29, 0.717) is 0 Å². The first-order valence-corrected chi connectivity index (χ1v) is 6.93. The smallest absolute Gasteiger partial charge is 0.208 e. The molecule has 0 aliphatic rings. The third kappa shape index (κ3) is 3.75. The normalized spacial score (nSPS) is 10.7. The highest BCUT2D eigenvalue weighted by molar-refractivity contribution is 7.98. The van der Waals surface area contributed by atoms with E-state index in [9.17, 15) is 0 Å². The molecule has 0 bridgehead atoms. The highest BCUT2D eigenvalue weighted by Gasteiger charge is 2.03. The lowest BCUT2D eigenvalue weighted by Crippen LogP contribution is -1.85. The van der Waals surface area contributed by atoms with Crippen LogP contribution in [0.4, 0.5) is 0 Å². The van der Waals surface area contributed by atoms with E-state index in [2.05, 4.69) is 28.2 Å². The SMILES string of the molecule is CCCc1nc(SCc2cccc(Cl)c2)n[nH]1. The number of thioether (sulfide) groups is 1. The summed E-state index contributed by atoms with van der Waals surface area (Å²) >= 11 is 7.54. The van der Waals surface area contributed by atoms with Crippen LogP contribution in [0.1, 0.15) is 24.7 Å². The van der Waals surface area contributed by atoms with Gasteiger partial charge in [-0.15, -0.1) is 5.10 Å². The molecule has 1 aromatic carbocycles. The standard InChI is InChI=1S/C12H14ClN3S/c1-2-4-11-14-12(16-15-11)17-8-9-5-3-6-10(13)7-9/h3,5-7H,2,4,8H2,1H3,(H,14,15,16). The molecule has 1 N–H and O–H groups in total. The zero-order valence-electron chi connectivity index (χ0n) is 9.61. The molecule has 0 amide bonds. The van der Waals surface area contributed by atoms with Gasteiger partial charge in [-0.05, 0) is 24.1 Å². The van der Waals surface area contributed by atoms with Crippen LogP contribution >= 0.6 is 23.4 Å². The van der Waals surface area contributed by atoms with Crippen molar-refractivity contribution < 1.29 is 0 Å². The summed E-state index contributed by atoms with van der Waals surface area (Å²) in [7, 11) is 0. The topological polar surface area (TPSA) is 41.6 Å². The fraction of sp³-hybridized carbons (Fsp3) is 0.333. The van der Waals surface area contributed by atoms with Crippen LogP contribution in [0, 0.1) is 0 Å². The van der Waals surface area contributed by atoms with E-state index < -0.39 is 0 Å². The maximum Gasteiger partial charge on any atom is 0.208 e. The second-order valence-electron chi connectivity index (χ2n) is 3.73. The third-order valence-electron chi connectivity index (χ3n) is 2.25. The van der Waals surface area contributed by atoms with Gasteiger partial charge in [0.2, 0.25) is 5.16 Å². The molecule has 0 unspecified atom stereocenters. The molecular weight excluding hydrogens is 254 g/mol. The van der Waals surface area contributed by atoms with Crippen LogP contribution in [0.2, 0.25) is 5.02 Å². The first kappa shape index (κ1) is 12.5. The Labute approximate surface area is 110 Å². The number of nitrogens with one attached hydrogen (secondary N) is 1. The Balaban J connectivity index is 1.93. The second-order valence-corrected chi connectivity index (χ2v) is 5.11. The van der Waals surface area contributed by atoms with Crippen LogP contribution in [-0.2, 0) is 12.2 Å². The molecule has 3 nitrogen and oxygen atoms in total. The van der Waals surface area contributed by atoms with E-state index in [-0.39, 0.29) is 0 Å². The lowest BCUT2D eigenvalue weighted by Gasteiger charge is -1.98. The van der Waals surface area contributed by atoms with E-state index in [1.54, 1.807) is 11.8 Å². The zero-order valence-corrected chi connectivity index (χ0v) is 11.2. The Hall–Kier alpha value is -1.00. The van der Waals surface area contributed by atoms with Crippen molar-refractivity contribution in [3.8, 4) is 0 Å². The number of halogens is 1. The Kier molecular flexibility index (Phi) is 4.45. The number of hydrogen-bond donors (Lipinski definition) is 1. The molecule has 90 valence electrons. The van der Waals surface area contributed by atoms with Crippen molar-refractivity contribution in [1.29, 1.82) is 0 Å². The summed E-state index contributed by atoms with van der Waals surface area (Å²) in [5, 5.41) is 8.68. The molecule has 0 atom stereocenters. The van der Waals surface area contributed by atoms with Crippen LogP contribution in [0.5, 0.6) is 0 Å². The van der Waals surface area contributed by atoms with Gasteiger partial charge in [0.15, 0.2) is 0 Å². The Morgan fingerprint density at radius 2 is 2.29 bits per heavy atom. The number of hydrogen-bond acceptors (Lipinski definition) is 3. The molecule has 5 heteroatoms. The molecule has 17 heavy (non-hydrogen) atoms. The molecule has 0 saturated carbocycles. The van der Waals surface area contributed by atoms with Gasteiger partial charge < -0.3 is 0 Å². The van der Waals surface area contributed by atoms with E-state index in [4.69, 9.17) is 11.6 Å². The summed E-state index contributed by atoms with van der Waals surface area (Å²) in [5.41, 5.74) is 1.18. The minimum absolute atomic E-state index is 0.768. The van der Waals surface area contributed by atoms with Gasteiger partial charge in [0.25, 0.3) is 0 Å². The summed E-state index contributed by atoms with van der Waals surface area (Å²) in [6.07, 6.45) is 2.03. The van der Waals surface area contributed by atoms with Gasteiger partial charge in [0, 0.05) is 17.2 Å². The van der Waals surface area contributed by atoms with Gasteiger partial charge in [-0.1, -0.05) is 42.4 Å². The number of aryl methyl sites for hydroxylation is 1. The lowest BCUT2D eigenvalue weighted by molar-refractivity contribution is 0.840. The zero-order chi connectivity index (χ0) is 12.1. The molecule has 2 aromatic rings. The fourth-order valence-electron chi connectivity index (χ4n) is 1.47. The average Bonchev–Trinajstić information content (AvgIpc) is 2.75. The van der Waals surface area contributed by atoms with E-state index in [0.717, 1.165) is 34.6 Å². The van der Waals surface area contributed by atoms with Crippen molar-refractivity contribution >= 4 is 23.4 Å². The Morgan fingerprint density at radius 3 is 3.06 bits per heavy atom. The summed E-state index contributed by atoms with van der Waals surface area (Å²) in [4.78, 5) is 4.40. The number of benzene rings is 1. The Bertz CT molecular complexity index is 484. The van der Waals surface area contributed by atoms with Gasteiger partial charge in [-0.2, -0.15) is 0 Å². The summed E-state index contributed by atoms with van der Waals surface area (Å²) in [5.74, 6) is 1.80. The monoisotopic (exact) mass is 267 g/mol. The van der Waals surface area contributed by atoms with Gasteiger partial charge >= 0.3 is 0 Å². The molecule has 0 fully saturated rings. The molecule has 0 saturated heterocycles. The van der Waals surface area contributed by atoms with Crippen molar-refractivity contribution in [3.05, 3.63) is 40.7 Å². The molecule has 1 heterocycles. The van der Waals surface area contributed by atoms with Gasteiger partial charge in [-0.3, -0.25) is 5.10 Å². The summed E-state index contributed by atoms with van der Waals surface area (Å²) in [6.45, 7) is 2.13. The van der Waals surface area contributed by atoms with Crippen LogP contribution < -0.4 is 0 Å². The van der Waals surface area contributed by atoms with E-state index in [1.807, 2.05) is 18.2 Å². The second kappa shape index (κ2) is 6.07. The predicted octanol–water partition coefficient (Wildman–Crippen LogP) is 3.70. The number of aromatic amines is 1. The van der Waals surface area contributed by atoms with Gasteiger partial charge in [0.05, 0.1) is 0 Å². The molecule has 0 aliphatic carbocycles. The highest BCUT2D eigenvalue weighted by atomic mass is 35.5.